The average Bonchev–Trinajstić information content (AvgIpc) is 2.92. The molecule has 112 valence electrons. The quantitative estimate of drug-likeness (QED) is 0.687. The highest BCUT2D eigenvalue weighted by Gasteiger charge is 2.44. The summed E-state index contributed by atoms with van der Waals surface area (Å²) in [6, 6.07) is 8.54. The molecular formula is C15H7ClF3NO2. The molecule has 0 aliphatic carbocycles. The van der Waals surface area contributed by atoms with E-state index in [9.17, 15) is 13.2 Å². The van der Waals surface area contributed by atoms with E-state index in [0.717, 1.165) is 0 Å². The van der Waals surface area contributed by atoms with Crippen LogP contribution < -0.4 is 9.47 Å². The maximum atomic E-state index is 13.5. The van der Waals surface area contributed by atoms with Gasteiger partial charge in [-0.25, -0.2) is 4.39 Å². The third-order valence-electron chi connectivity index (χ3n) is 3.41. The van der Waals surface area contributed by atoms with Crippen LogP contribution in [0.25, 0.3) is 22.0 Å². The molecule has 0 saturated heterocycles. The van der Waals surface area contributed by atoms with Gasteiger partial charge in [0.25, 0.3) is 0 Å². The van der Waals surface area contributed by atoms with Gasteiger partial charge in [-0.15, -0.1) is 8.78 Å². The van der Waals surface area contributed by atoms with Gasteiger partial charge in [0.05, 0.1) is 0 Å². The van der Waals surface area contributed by atoms with E-state index in [2.05, 4.69) is 14.5 Å². The van der Waals surface area contributed by atoms with E-state index in [4.69, 9.17) is 11.6 Å². The number of alkyl halides is 2. The Morgan fingerprint density at radius 1 is 1.09 bits per heavy atom. The molecule has 1 N–H and O–H groups in total. The predicted molar refractivity (Wildman–Crippen MR) is 74.9 cm³/mol. The van der Waals surface area contributed by atoms with E-state index in [1.54, 1.807) is 6.07 Å². The summed E-state index contributed by atoms with van der Waals surface area (Å²) < 4.78 is 49.1. The fourth-order valence-corrected chi connectivity index (χ4v) is 2.87. The summed E-state index contributed by atoms with van der Waals surface area (Å²) in [6.07, 6.45) is -3.73. The van der Waals surface area contributed by atoms with Gasteiger partial charge >= 0.3 is 6.29 Å². The van der Waals surface area contributed by atoms with Crippen molar-refractivity contribution < 1.29 is 22.6 Å². The molecule has 3 nitrogen and oxygen atoms in total. The van der Waals surface area contributed by atoms with Gasteiger partial charge in [-0.05, 0) is 24.3 Å². The number of H-pyrrole nitrogens is 1. The molecule has 1 aliphatic heterocycles. The molecule has 1 aliphatic rings. The fraction of sp³-hybridized carbons (Fsp3) is 0.0667. The van der Waals surface area contributed by atoms with E-state index < -0.39 is 12.1 Å². The van der Waals surface area contributed by atoms with Gasteiger partial charge in [-0.2, -0.15) is 0 Å². The molecular weight excluding hydrogens is 319 g/mol. The number of rotatable bonds is 1. The molecule has 0 spiro atoms. The van der Waals surface area contributed by atoms with Crippen LogP contribution in [-0.2, 0) is 0 Å². The van der Waals surface area contributed by atoms with Gasteiger partial charge in [0.2, 0.25) is 0 Å². The first-order chi connectivity index (χ1) is 10.4. The minimum atomic E-state index is -3.73. The Bertz CT molecular complexity index is 907. The average molecular weight is 326 g/mol. The highest BCUT2D eigenvalue weighted by molar-refractivity contribution is 6.34. The maximum absolute atomic E-state index is 13.5. The van der Waals surface area contributed by atoms with Gasteiger partial charge in [-0.3, -0.25) is 0 Å². The molecule has 0 saturated carbocycles. The minimum Gasteiger partial charge on any atom is -0.395 e. The third kappa shape index (κ3) is 1.91. The van der Waals surface area contributed by atoms with Crippen LogP contribution in [0.3, 0.4) is 0 Å². The van der Waals surface area contributed by atoms with Crippen molar-refractivity contribution in [2.75, 3.05) is 0 Å². The number of fused-ring (bicyclic) bond motifs is 2. The van der Waals surface area contributed by atoms with Gasteiger partial charge in [0.15, 0.2) is 11.5 Å². The van der Waals surface area contributed by atoms with Crippen LogP contribution in [0, 0.1) is 5.82 Å². The molecule has 22 heavy (non-hydrogen) atoms. The Morgan fingerprint density at radius 2 is 1.91 bits per heavy atom. The maximum Gasteiger partial charge on any atom is 0.586 e. The van der Waals surface area contributed by atoms with Gasteiger partial charge < -0.3 is 14.5 Å². The van der Waals surface area contributed by atoms with Gasteiger partial charge in [-0.1, -0.05) is 23.7 Å². The SMILES string of the molecule is Fc1ccc2[nH]c(Cl)c(-c3cccc4c3OC(F)(F)O4)c2c1. The zero-order valence-corrected chi connectivity index (χ0v) is 11.5. The van der Waals surface area contributed by atoms with E-state index in [1.165, 1.54) is 30.3 Å². The topological polar surface area (TPSA) is 34.2 Å². The molecule has 2 aromatic carbocycles. The molecule has 3 aromatic rings. The van der Waals surface area contributed by atoms with Crippen LogP contribution in [0.4, 0.5) is 13.2 Å². The number of para-hydroxylation sites is 1. The largest absolute Gasteiger partial charge is 0.586 e. The number of halogens is 4. The summed E-state index contributed by atoms with van der Waals surface area (Å²) in [7, 11) is 0. The van der Waals surface area contributed by atoms with E-state index in [-0.39, 0.29) is 16.7 Å². The lowest BCUT2D eigenvalue weighted by molar-refractivity contribution is -0.286. The second-order valence-corrected chi connectivity index (χ2v) is 5.18. The Labute approximate surface area is 127 Å². The number of hydrogen-bond acceptors (Lipinski definition) is 2. The van der Waals surface area contributed by atoms with Crippen LogP contribution in [-0.4, -0.2) is 11.3 Å². The normalized spacial score (nSPS) is 15.5. The summed E-state index contributed by atoms with van der Waals surface area (Å²) in [5, 5.41) is 0.671. The summed E-state index contributed by atoms with van der Waals surface area (Å²) in [6.45, 7) is 0. The summed E-state index contributed by atoms with van der Waals surface area (Å²) in [5.74, 6) is -0.677. The molecule has 0 atom stereocenters. The first kappa shape index (κ1) is 13.3. The monoisotopic (exact) mass is 325 g/mol. The van der Waals surface area contributed by atoms with Crippen molar-refractivity contribution >= 4 is 22.5 Å². The second-order valence-electron chi connectivity index (χ2n) is 4.80. The van der Waals surface area contributed by atoms with Crippen LogP contribution in [0.1, 0.15) is 0 Å². The van der Waals surface area contributed by atoms with Crippen molar-refractivity contribution in [2.45, 2.75) is 6.29 Å². The summed E-state index contributed by atoms with van der Waals surface area (Å²) in [5.41, 5.74) is 1.27. The smallest absolute Gasteiger partial charge is 0.395 e. The first-order valence-electron chi connectivity index (χ1n) is 6.30. The van der Waals surface area contributed by atoms with Crippen molar-refractivity contribution in [3.05, 3.63) is 47.4 Å². The van der Waals surface area contributed by atoms with E-state index in [0.29, 0.717) is 22.0 Å². The highest BCUT2D eigenvalue weighted by Crippen LogP contribution is 2.49. The minimum absolute atomic E-state index is 0.0932. The van der Waals surface area contributed by atoms with Crippen molar-refractivity contribution in [1.29, 1.82) is 0 Å². The van der Waals surface area contributed by atoms with Crippen molar-refractivity contribution in [3.63, 3.8) is 0 Å². The molecule has 0 amide bonds. The standard InChI is InChI=1S/C15H7ClF3NO2/c16-14-12(9-6-7(17)4-5-10(9)20-14)8-2-1-3-11-13(8)22-15(18,19)21-11/h1-6,20H. The molecule has 7 heteroatoms. The predicted octanol–water partition coefficient (Wildman–Crippen LogP) is 4.95. The zero-order chi connectivity index (χ0) is 15.5. The van der Waals surface area contributed by atoms with Crippen LogP contribution in [0.15, 0.2) is 36.4 Å². The Hall–Kier alpha value is -2.34. The van der Waals surface area contributed by atoms with E-state index in [1.807, 2.05) is 0 Å². The zero-order valence-electron chi connectivity index (χ0n) is 10.8. The second kappa shape index (κ2) is 4.33. The third-order valence-corrected chi connectivity index (χ3v) is 3.70. The molecule has 0 fully saturated rings. The molecule has 2 heterocycles. The molecule has 4 rings (SSSR count). The van der Waals surface area contributed by atoms with Crippen molar-refractivity contribution in [1.82, 2.24) is 4.98 Å². The molecule has 0 bridgehead atoms. The fourth-order valence-electron chi connectivity index (χ4n) is 2.56. The Morgan fingerprint density at radius 3 is 2.73 bits per heavy atom. The van der Waals surface area contributed by atoms with Crippen molar-refractivity contribution in [2.24, 2.45) is 0 Å². The molecule has 0 unspecified atom stereocenters. The number of hydrogen-bond donors (Lipinski definition) is 1. The lowest BCUT2D eigenvalue weighted by Gasteiger charge is -2.07. The van der Waals surface area contributed by atoms with Gasteiger partial charge in [0, 0.05) is 22.0 Å². The van der Waals surface area contributed by atoms with Crippen LogP contribution >= 0.6 is 11.6 Å². The highest BCUT2D eigenvalue weighted by atomic mass is 35.5. The Balaban J connectivity index is 2.00. The van der Waals surface area contributed by atoms with E-state index >= 15 is 0 Å². The molecule has 0 radical (unpaired) electrons. The lowest BCUT2D eigenvalue weighted by atomic mass is 10.0. The van der Waals surface area contributed by atoms with Gasteiger partial charge in [0.1, 0.15) is 11.0 Å². The lowest BCUT2D eigenvalue weighted by Crippen LogP contribution is -2.26. The first-order valence-corrected chi connectivity index (χ1v) is 6.68. The number of nitrogens with one attached hydrogen (secondary N) is 1. The van der Waals surface area contributed by atoms with Crippen LogP contribution in [0.2, 0.25) is 5.15 Å². The number of aromatic amines is 1. The number of aromatic nitrogens is 1. The Kier molecular flexibility index (Phi) is 2.62. The number of ether oxygens (including phenoxy) is 2. The summed E-state index contributed by atoms with van der Waals surface area (Å²) in [4.78, 5) is 2.88. The summed E-state index contributed by atoms with van der Waals surface area (Å²) >= 11 is 6.17. The molecule has 1 aromatic heterocycles. The van der Waals surface area contributed by atoms with Crippen molar-refractivity contribution in [3.8, 4) is 22.6 Å². The van der Waals surface area contributed by atoms with Crippen LogP contribution in [0.5, 0.6) is 11.5 Å². The number of benzene rings is 2.